The molecule has 4 rings (SSSR count). The minimum absolute atomic E-state index is 0. The lowest BCUT2D eigenvalue weighted by Gasteiger charge is -2.26. The van der Waals surface area contributed by atoms with Crippen molar-refractivity contribution in [3.05, 3.63) is 77.7 Å². The smallest absolute Gasteiger partial charge is 0.194 e. The fraction of sp³-hybridized carbons (Fsp3) is 0.360. The van der Waals surface area contributed by atoms with Gasteiger partial charge in [-0.1, -0.05) is 54.6 Å². The van der Waals surface area contributed by atoms with Crippen LogP contribution in [0.4, 0.5) is 0 Å². The molecule has 7 nitrogen and oxygen atoms in total. The molecule has 0 spiro atoms. The summed E-state index contributed by atoms with van der Waals surface area (Å²) >= 11 is 0. The van der Waals surface area contributed by atoms with Crippen LogP contribution in [0, 0.1) is 0 Å². The van der Waals surface area contributed by atoms with Crippen molar-refractivity contribution < 1.29 is 4.74 Å². The van der Waals surface area contributed by atoms with Gasteiger partial charge in [0.05, 0.1) is 31.6 Å². The predicted molar refractivity (Wildman–Crippen MR) is 144 cm³/mol. The van der Waals surface area contributed by atoms with Crippen LogP contribution in [0.25, 0.3) is 11.3 Å². The largest absolute Gasteiger partial charge is 0.379 e. The van der Waals surface area contributed by atoms with Gasteiger partial charge in [-0.05, 0) is 16.7 Å². The van der Waals surface area contributed by atoms with E-state index in [0.29, 0.717) is 6.54 Å². The summed E-state index contributed by atoms with van der Waals surface area (Å²) in [5, 5.41) is 3.45. The third-order valence-electron chi connectivity index (χ3n) is 5.66. The minimum Gasteiger partial charge on any atom is -0.379 e. The van der Waals surface area contributed by atoms with Gasteiger partial charge >= 0.3 is 0 Å². The van der Waals surface area contributed by atoms with Crippen LogP contribution in [0.15, 0.2) is 65.8 Å². The topological polar surface area (TPSA) is 68.8 Å². The van der Waals surface area contributed by atoms with Gasteiger partial charge in [0.15, 0.2) is 5.96 Å². The maximum atomic E-state index is 5.43. The molecule has 0 unspecified atom stereocenters. The number of rotatable bonds is 7. The fourth-order valence-electron chi connectivity index (χ4n) is 3.85. The Kier molecular flexibility index (Phi) is 9.71. The van der Waals surface area contributed by atoms with Gasteiger partial charge < -0.3 is 19.9 Å². The molecule has 176 valence electrons. The second-order valence-electron chi connectivity index (χ2n) is 8.07. The fourth-order valence-corrected chi connectivity index (χ4v) is 3.85. The molecule has 0 atom stereocenters. The number of guanidine groups is 1. The number of hydrogen-bond donors (Lipinski definition) is 2. The lowest BCUT2D eigenvalue weighted by atomic mass is 10.1. The summed E-state index contributed by atoms with van der Waals surface area (Å²) in [7, 11) is 3.83. The van der Waals surface area contributed by atoms with Gasteiger partial charge in [-0.25, -0.2) is 4.98 Å². The molecule has 2 aromatic carbocycles. The lowest BCUT2D eigenvalue weighted by Crippen LogP contribution is -2.38. The molecule has 0 amide bonds. The molecule has 1 aromatic heterocycles. The highest BCUT2D eigenvalue weighted by Gasteiger charge is 2.12. The van der Waals surface area contributed by atoms with E-state index in [1.165, 1.54) is 11.1 Å². The number of aliphatic imine (C=N–C) groups is 1. The number of H-pyrrole nitrogens is 1. The van der Waals surface area contributed by atoms with E-state index in [0.717, 1.165) is 62.4 Å². The zero-order chi connectivity index (χ0) is 22.2. The van der Waals surface area contributed by atoms with E-state index in [2.05, 4.69) is 66.5 Å². The highest BCUT2D eigenvalue weighted by molar-refractivity contribution is 14.0. The van der Waals surface area contributed by atoms with Crippen LogP contribution in [0.2, 0.25) is 0 Å². The number of halogens is 1. The Morgan fingerprint density at radius 1 is 1.09 bits per heavy atom. The SMILES string of the molecule is CN=C(NCc1ccc(CN2CCOCC2)cc1)N(C)Cc1ncc(-c2ccccc2)[nH]1.I. The number of nitrogens with zero attached hydrogens (tertiary/aromatic N) is 4. The van der Waals surface area contributed by atoms with Crippen LogP contribution in [0.5, 0.6) is 0 Å². The monoisotopic (exact) mass is 560 g/mol. The third kappa shape index (κ3) is 7.28. The van der Waals surface area contributed by atoms with Crippen molar-refractivity contribution in [3.8, 4) is 11.3 Å². The molecule has 1 fully saturated rings. The van der Waals surface area contributed by atoms with Crippen LogP contribution in [-0.2, 0) is 24.4 Å². The standard InChI is InChI=1S/C25H32N6O.HI/c1-26-25(30(2)19-24-27-17-23(29-24)22-6-4-3-5-7-22)28-16-20-8-10-21(11-9-20)18-31-12-14-32-15-13-31;/h3-11,17H,12-16,18-19H2,1-2H3,(H,26,28)(H,27,29);1H. The summed E-state index contributed by atoms with van der Waals surface area (Å²) in [4.78, 5) is 16.9. The molecule has 8 heteroatoms. The average molecular weight is 560 g/mol. The highest BCUT2D eigenvalue weighted by Crippen LogP contribution is 2.16. The summed E-state index contributed by atoms with van der Waals surface area (Å²) in [6, 6.07) is 19.0. The van der Waals surface area contributed by atoms with Gasteiger partial charge in [0.25, 0.3) is 0 Å². The van der Waals surface area contributed by atoms with Crippen LogP contribution in [-0.4, -0.2) is 66.1 Å². The molecule has 1 aliphatic heterocycles. The first-order valence-corrected chi connectivity index (χ1v) is 11.1. The summed E-state index contributed by atoms with van der Waals surface area (Å²) in [5.41, 5.74) is 4.72. The van der Waals surface area contributed by atoms with Crippen molar-refractivity contribution in [2.75, 3.05) is 40.4 Å². The van der Waals surface area contributed by atoms with E-state index in [4.69, 9.17) is 4.74 Å². The number of aromatic nitrogens is 2. The number of benzene rings is 2. The number of aromatic amines is 1. The van der Waals surface area contributed by atoms with Gasteiger partial charge in [0.2, 0.25) is 0 Å². The minimum atomic E-state index is 0. The number of hydrogen-bond acceptors (Lipinski definition) is 4. The summed E-state index contributed by atoms with van der Waals surface area (Å²) < 4.78 is 5.43. The number of nitrogens with one attached hydrogen (secondary N) is 2. The summed E-state index contributed by atoms with van der Waals surface area (Å²) in [5.74, 6) is 1.74. The first kappa shape index (κ1) is 25.2. The molecule has 0 radical (unpaired) electrons. The molecule has 0 bridgehead atoms. The lowest BCUT2D eigenvalue weighted by molar-refractivity contribution is 0.0342. The van der Waals surface area contributed by atoms with Crippen molar-refractivity contribution in [2.24, 2.45) is 4.99 Å². The van der Waals surface area contributed by atoms with Crippen molar-refractivity contribution in [1.82, 2.24) is 25.1 Å². The van der Waals surface area contributed by atoms with E-state index >= 15 is 0 Å². The number of morpholine rings is 1. The van der Waals surface area contributed by atoms with Crippen LogP contribution >= 0.6 is 24.0 Å². The molecule has 2 N–H and O–H groups in total. The highest BCUT2D eigenvalue weighted by atomic mass is 127. The van der Waals surface area contributed by atoms with Crippen LogP contribution < -0.4 is 5.32 Å². The van der Waals surface area contributed by atoms with Gasteiger partial charge in [0, 0.05) is 40.3 Å². The first-order chi connectivity index (χ1) is 15.7. The van der Waals surface area contributed by atoms with Gasteiger partial charge in [-0.2, -0.15) is 0 Å². The van der Waals surface area contributed by atoms with Gasteiger partial charge in [0.1, 0.15) is 5.82 Å². The van der Waals surface area contributed by atoms with Gasteiger partial charge in [-0.15, -0.1) is 24.0 Å². The van der Waals surface area contributed by atoms with E-state index < -0.39 is 0 Å². The number of imidazole rings is 1. The normalized spacial score (nSPS) is 14.5. The zero-order valence-corrected chi connectivity index (χ0v) is 21.7. The van der Waals surface area contributed by atoms with Crippen LogP contribution in [0.3, 0.4) is 0 Å². The van der Waals surface area contributed by atoms with Crippen LogP contribution in [0.1, 0.15) is 17.0 Å². The second-order valence-corrected chi connectivity index (χ2v) is 8.07. The van der Waals surface area contributed by atoms with E-state index in [9.17, 15) is 0 Å². The molecule has 1 aliphatic rings. The number of ether oxygens (including phenoxy) is 1. The predicted octanol–water partition coefficient (Wildman–Crippen LogP) is 3.73. The van der Waals surface area contributed by atoms with Gasteiger partial charge in [-0.3, -0.25) is 9.89 Å². The maximum Gasteiger partial charge on any atom is 0.194 e. The van der Waals surface area contributed by atoms with E-state index in [1.54, 1.807) is 0 Å². The molecule has 2 heterocycles. The first-order valence-electron chi connectivity index (χ1n) is 11.1. The van der Waals surface area contributed by atoms with Crippen molar-refractivity contribution in [2.45, 2.75) is 19.6 Å². The molecular weight excluding hydrogens is 527 g/mol. The van der Waals surface area contributed by atoms with Crippen molar-refractivity contribution in [3.63, 3.8) is 0 Å². The Hall–Kier alpha value is -2.43. The summed E-state index contributed by atoms with van der Waals surface area (Å²) in [6.07, 6.45) is 1.88. The van der Waals surface area contributed by atoms with Crippen molar-refractivity contribution >= 4 is 29.9 Å². The van der Waals surface area contributed by atoms with E-state index in [-0.39, 0.29) is 24.0 Å². The Bertz CT molecular complexity index is 999. The average Bonchev–Trinajstić information content (AvgIpc) is 3.30. The Balaban J connectivity index is 0.00000306. The maximum absolute atomic E-state index is 5.43. The zero-order valence-electron chi connectivity index (χ0n) is 19.3. The summed E-state index contributed by atoms with van der Waals surface area (Å²) in [6.45, 7) is 6.03. The third-order valence-corrected chi connectivity index (χ3v) is 5.66. The molecule has 33 heavy (non-hydrogen) atoms. The molecule has 3 aromatic rings. The molecule has 0 aliphatic carbocycles. The molecular formula is C25H33IN6O. The van der Waals surface area contributed by atoms with Crippen molar-refractivity contribution in [1.29, 1.82) is 0 Å². The quantitative estimate of drug-likeness (QED) is 0.262. The molecule has 0 saturated carbocycles. The Morgan fingerprint density at radius 2 is 1.79 bits per heavy atom. The van der Waals surface area contributed by atoms with E-state index in [1.807, 2.05) is 38.5 Å². The Labute approximate surface area is 213 Å². The molecule has 1 saturated heterocycles. The Morgan fingerprint density at radius 3 is 2.48 bits per heavy atom. The second kappa shape index (κ2) is 12.7.